The Balaban J connectivity index is 0.000000686. The van der Waals surface area contributed by atoms with Crippen LogP contribution < -0.4 is 0 Å². The Kier molecular flexibility index (Phi) is 6.56. The van der Waals surface area contributed by atoms with Gasteiger partial charge in [-0.25, -0.2) is 0 Å². The molecule has 1 heterocycles. The van der Waals surface area contributed by atoms with Crippen molar-refractivity contribution >= 4 is 6.29 Å². The van der Waals surface area contributed by atoms with E-state index in [1.165, 1.54) is 12.0 Å². The lowest BCUT2D eigenvalue weighted by Gasteiger charge is -2.15. The van der Waals surface area contributed by atoms with Crippen molar-refractivity contribution in [2.24, 2.45) is 5.92 Å². The van der Waals surface area contributed by atoms with Crippen LogP contribution >= 0.6 is 0 Å². The minimum atomic E-state index is 0.589. The fourth-order valence-corrected chi connectivity index (χ4v) is 2.23. The van der Waals surface area contributed by atoms with E-state index in [0.29, 0.717) is 5.92 Å². The number of nitrogens with zero attached hydrogens (tertiary/aromatic N) is 1. The Hall–Kier alpha value is -1.15. The van der Waals surface area contributed by atoms with Crippen LogP contribution in [0, 0.1) is 5.92 Å². The summed E-state index contributed by atoms with van der Waals surface area (Å²) in [5, 5.41) is 0. The Morgan fingerprint density at radius 2 is 2.00 bits per heavy atom. The molecule has 0 spiro atoms. The fourth-order valence-electron chi connectivity index (χ4n) is 2.23. The maximum Gasteiger partial charge on any atom is 0.120 e. The van der Waals surface area contributed by atoms with E-state index in [-0.39, 0.29) is 0 Å². The first-order valence-corrected chi connectivity index (χ1v) is 6.58. The quantitative estimate of drug-likeness (QED) is 0.745. The maximum absolute atomic E-state index is 10.4. The van der Waals surface area contributed by atoms with Gasteiger partial charge in [0.2, 0.25) is 0 Å². The van der Waals surface area contributed by atoms with E-state index in [0.717, 1.165) is 32.3 Å². The molecule has 0 N–H and O–H groups in total. The van der Waals surface area contributed by atoms with E-state index >= 15 is 0 Å². The lowest BCUT2D eigenvalue weighted by atomic mass is 10.1. The SMILES string of the molecule is CC.O=CCC1CCN(Cc2ccccc2)C1. The van der Waals surface area contributed by atoms with E-state index in [9.17, 15) is 4.79 Å². The molecule has 94 valence electrons. The second kappa shape index (κ2) is 8.02. The highest BCUT2D eigenvalue weighted by atomic mass is 16.1. The molecule has 2 nitrogen and oxygen atoms in total. The summed E-state index contributed by atoms with van der Waals surface area (Å²) in [6.45, 7) is 7.23. The fraction of sp³-hybridized carbons (Fsp3) is 0.533. The summed E-state index contributed by atoms with van der Waals surface area (Å²) in [6, 6.07) is 10.5. The topological polar surface area (TPSA) is 20.3 Å². The molecule has 1 saturated heterocycles. The summed E-state index contributed by atoms with van der Waals surface area (Å²) < 4.78 is 0. The smallest absolute Gasteiger partial charge is 0.120 e. The second-order valence-corrected chi connectivity index (χ2v) is 4.28. The van der Waals surface area contributed by atoms with Crippen molar-refractivity contribution in [3.8, 4) is 0 Å². The standard InChI is InChI=1S/C13H17NO.C2H6/c15-9-7-13-6-8-14(11-13)10-12-4-2-1-3-5-12;1-2/h1-5,9,13H,6-8,10-11H2;1-2H3. The summed E-state index contributed by atoms with van der Waals surface area (Å²) in [6.07, 6.45) is 2.95. The van der Waals surface area contributed by atoms with Gasteiger partial charge in [-0.2, -0.15) is 0 Å². The monoisotopic (exact) mass is 233 g/mol. The van der Waals surface area contributed by atoms with Crippen molar-refractivity contribution in [1.29, 1.82) is 0 Å². The van der Waals surface area contributed by atoms with E-state index < -0.39 is 0 Å². The van der Waals surface area contributed by atoms with Crippen LogP contribution in [0.25, 0.3) is 0 Å². The molecule has 1 fully saturated rings. The van der Waals surface area contributed by atoms with Gasteiger partial charge in [-0.05, 0) is 24.4 Å². The van der Waals surface area contributed by atoms with Crippen LogP contribution in [-0.2, 0) is 11.3 Å². The molecule has 0 aliphatic carbocycles. The van der Waals surface area contributed by atoms with Crippen LogP contribution in [0.1, 0.15) is 32.3 Å². The lowest BCUT2D eigenvalue weighted by molar-refractivity contribution is -0.108. The molecule has 1 aromatic carbocycles. The van der Waals surface area contributed by atoms with Gasteiger partial charge < -0.3 is 4.79 Å². The van der Waals surface area contributed by atoms with Crippen LogP contribution in [-0.4, -0.2) is 24.3 Å². The van der Waals surface area contributed by atoms with Crippen molar-refractivity contribution in [3.63, 3.8) is 0 Å². The van der Waals surface area contributed by atoms with Gasteiger partial charge in [-0.1, -0.05) is 44.2 Å². The molecule has 1 aliphatic heterocycles. The molecular weight excluding hydrogens is 210 g/mol. The summed E-state index contributed by atoms with van der Waals surface area (Å²) in [7, 11) is 0. The summed E-state index contributed by atoms with van der Waals surface area (Å²) in [5.74, 6) is 0.589. The van der Waals surface area contributed by atoms with Crippen molar-refractivity contribution in [2.45, 2.75) is 33.2 Å². The summed E-state index contributed by atoms with van der Waals surface area (Å²) >= 11 is 0. The van der Waals surface area contributed by atoms with Gasteiger partial charge in [-0.15, -0.1) is 0 Å². The van der Waals surface area contributed by atoms with Crippen LogP contribution in [0.15, 0.2) is 30.3 Å². The van der Waals surface area contributed by atoms with Crippen LogP contribution in [0.2, 0.25) is 0 Å². The zero-order chi connectivity index (χ0) is 12.5. The van der Waals surface area contributed by atoms with Gasteiger partial charge in [0.1, 0.15) is 6.29 Å². The van der Waals surface area contributed by atoms with Gasteiger partial charge in [0, 0.05) is 19.5 Å². The van der Waals surface area contributed by atoms with E-state index in [1.54, 1.807) is 0 Å². The van der Waals surface area contributed by atoms with Crippen LogP contribution in [0.4, 0.5) is 0 Å². The molecule has 1 atom stereocenters. The van der Waals surface area contributed by atoms with Gasteiger partial charge in [0.25, 0.3) is 0 Å². The zero-order valence-corrected chi connectivity index (χ0v) is 10.9. The first kappa shape index (κ1) is 13.9. The van der Waals surface area contributed by atoms with Crippen molar-refractivity contribution < 1.29 is 4.79 Å². The number of benzene rings is 1. The summed E-state index contributed by atoms with van der Waals surface area (Å²) in [5.41, 5.74) is 1.37. The normalized spacial score (nSPS) is 19.5. The predicted molar refractivity (Wildman–Crippen MR) is 71.9 cm³/mol. The predicted octanol–water partition coefficient (Wildman–Crippen LogP) is 3.12. The number of likely N-dealkylation sites (tertiary alicyclic amines) is 1. The number of aldehydes is 1. The highest BCUT2D eigenvalue weighted by Gasteiger charge is 2.21. The largest absolute Gasteiger partial charge is 0.303 e. The molecule has 2 rings (SSSR count). The Bertz CT molecular complexity index is 310. The third-order valence-electron chi connectivity index (χ3n) is 3.05. The average Bonchev–Trinajstić information content (AvgIpc) is 2.81. The first-order chi connectivity index (χ1) is 8.38. The molecule has 0 radical (unpaired) electrons. The third kappa shape index (κ3) is 4.70. The Labute approximate surface area is 105 Å². The molecule has 0 aromatic heterocycles. The van der Waals surface area contributed by atoms with Gasteiger partial charge in [-0.3, -0.25) is 4.90 Å². The average molecular weight is 233 g/mol. The molecule has 1 aliphatic rings. The number of hydrogen-bond donors (Lipinski definition) is 0. The molecule has 0 saturated carbocycles. The first-order valence-electron chi connectivity index (χ1n) is 6.58. The van der Waals surface area contributed by atoms with Crippen molar-refractivity contribution in [1.82, 2.24) is 4.90 Å². The molecule has 0 amide bonds. The van der Waals surface area contributed by atoms with Gasteiger partial charge in [0.05, 0.1) is 0 Å². The minimum Gasteiger partial charge on any atom is -0.303 e. The highest BCUT2D eigenvalue weighted by molar-refractivity contribution is 5.49. The van der Waals surface area contributed by atoms with E-state index in [4.69, 9.17) is 0 Å². The number of hydrogen-bond acceptors (Lipinski definition) is 2. The molecule has 1 aromatic rings. The van der Waals surface area contributed by atoms with Crippen molar-refractivity contribution in [2.75, 3.05) is 13.1 Å². The highest BCUT2D eigenvalue weighted by Crippen LogP contribution is 2.20. The number of rotatable bonds is 4. The lowest BCUT2D eigenvalue weighted by Crippen LogP contribution is -2.20. The Morgan fingerprint density at radius 3 is 2.65 bits per heavy atom. The second-order valence-electron chi connectivity index (χ2n) is 4.28. The molecule has 2 heteroatoms. The minimum absolute atomic E-state index is 0.589. The van der Waals surface area contributed by atoms with Crippen LogP contribution in [0.5, 0.6) is 0 Å². The number of carbonyl (C=O) groups is 1. The van der Waals surface area contributed by atoms with E-state index in [2.05, 4.69) is 29.2 Å². The van der Waals surface area contributed by atoms with Crippen molar-refractivity contribution in [3.05, 3.63) is 35.9 Å². The zero-order valence-electron chi connectivity index (χ0n) is 10.9. The molecule has 17 heavy (non-hydrogen) atoms. The van der Waals surface area contributed by atoms with Crippen LogP contribution in [0.3, 0.4) is 0 Å². The number of carbonyl (C=O) groups excluding carboxylic acids is 1. The maximum atomic E-state index is 10.4. The summed E-state index contributed by atoms with van der Waals surface area (Å²) in [4.78, 5) is 12.8. The van der Waals surface area contributed by atoms with Gasteiger partial charge in [0.15, 0.2) is 0 Å². The molecule has 1 unspecified atom stereocenters. The molecular formula is C15H23NO. The Morgan fingerprint density at radius 1 is 1.29 bits per heavy atom. The molecule has 0 bridgehead atoms. The third-order valence-corrected chi connectivity index (χ3v) is 3.05. The van der Waals surface area contributed by atoms with Gasteiger partial charge >= 0.3 is 0 Å². The van der Waals surface area contributed by atoms with E-state index in [1.807, 2.05) is 19.9 Å².